The Hall–Kier alpha value is -2.84. The van der Waals surface area contributed by atoms with Crippen LogP contribution in [0.4, 0.5) is 8.78 Å². The zero-order valence-corrected chi connectivity index (χ0v) is 18.4. The van der Waals surface area contributed by atoms with E-state index in [1.165, 1.54) is 11.6 Å². The molecule has 1 unspecified atom stereocenters. The van der Waals surface area contributed by atoms with Crippen LogP contribution in [0.2, 0.25) is 0 Å². The number of guanidine groups is 1. The molecule has 0 radical (unpaired) electrons. The van der Waals surface area contributed by atoms with Gasteiger partial charge in [0, 0.05) is 32.4 Å². The van der Waals surface area contributed by atoms with Crippen LogP contribution < -0.4 is 20.1 Å². The molecule has 166 valence electrons. The van der Waals surface area contributed by atoms with Crippen molar-refractivity contribution in [2.24, 2.45) is 12.0 Å². The average Bonchev–Trinajstić information content (AvgIpc) is 2.92. The Morgan fingerprint density at radius 1 is 1.27 bits per heavy atom. The Morgan fingerprint density at radius 2 is 2.00 bits per heavy atom. The summed E-state index contributed by atoms with van der Waals surface area (Å²) in [5, 5.41) is 11.1. The lowest BCUT2D eigenvalue weighted by Gasteiger charge is -2.19. The Labute approximate surface area is 176 Å². The van der Waals surface area contributed by atoms with Gasteiger partial charge in [-0.05, 0) is 57.4 Å². The normalized spacial score (nSPS) is 12.8. The molecule has 0 amide bonds. The number of hydrogen-bond acceptors (Lipinski definition) is 4. The number of halogens is 2. The van der Waals surface area contributed by atoms with Crippen molar-refractivity contribution in [3.63, 3.8) is 0 Å². The molecule has 0 spiro atoms. The number of aliphatic imine (C=N–C) groups is 1. The zero-order chi connectivity index (χ0) is 22.3. The van der Waals surface area contributed by atoms with E-state index in [2.05, 4.69) is 39.3 Å². The van der Waals surface area contributed by atoms with Crippen LogP contribution in [-0.2, 0) is 20.0 Å². The fourth-order valence-electron chi connectivity index (χ4n) is 3.21. The number of nitrogens with one attached hydrogen (secondary N) is 2. The number of benzene rings is 1. The van der Waals surface area contributed by atoms with Crippen LogP contribution in [0.15, 0.2) is 23.2 Å². The quantitative estimate of drug-likeness (QED) is 0.478. The number of aryl methyl sites for hydroxylation is 2. The smallest absolute Gasteiger partial charge is 0.387 e. The summed E-state index contributed by atoms with van der Waals surface area (Å²) in [6.07, 6.45) is 0.820. The van der Waals surface area contributed by atoms with Crippen molar-refractivity contribution in [1.82, 2.24) is 20.4 Å². The largest absolute Gasteiger partial charge is 0.490 e. The third-order valence-electron chi connectivity index (χ3n) is 4.76. The zero-order valence-electron chi connectivity index (χ0n) is 18.4. The Bertz CT molecular complexity index is 867. The number of nitrogens with zero attached hydrogens (tertiary/aromatic N) is 3. The molecule has 2 N–H and O–H groups in total. The van der Waals surface area contributed by atoms with E-state index in [0.29, 0.717) is 19.1 Å². The molecule has 0 saturated heterocycles. The SMILES string of the molecule is CCOc1cc(CNC(=NC)NC(C)Cc2c(C)nn(C)c2C)ccc1OC(F)F. The van der Waals surface area contributed by atoms with E-state index < -0.39 is 6.61 Å². The van der Waals surface area contributed by atoms with E-state index >= 15 is 0 Å². The Kier molecular flexibility index (Phi) is 8.44. The van der Waals surface area contributed by atoms with Gasteiger partial charge in [0.05, 0.1) is 12.3 Å². The third-order valence-corrected chi connectivity index (χ3v) is 4.76. The highest BCUT2D eigenvalue weighted by Crippen LogP contribution is 2.29. The summed E-state index contributed by atoms with van der Waals surface area (Å²) in [4.78, 5) is 4.27. The number of aromatic nitrogens is 2. The minimum Gasteiger partial charge on any atom is -0.490 e. The maximum atomic E-state index is 12.6. The minimum absolute atomic E-state index is 0.0222. The predicted octanol–water partition coefficient (Wildman–Crippen LogP) is 3.33. The second kappa shape index (κ2) is 10.8. The van der Waals surface area contributed by atoms with Crippen molar-refractivity contribution in [2.75, 3.05) is 13.7 Å². The molecule has 0 bridgehead atoms. The summed E-state index contributed by atoms with van der Waals surface area (Å²) in [6.45, 7) is 5.85. The highest BCUT2D eigenvalue weighted by atomic mass is 19.3. The van der Waals surface area contributed by atoms with Gasteiger partial charge in [-0.25, -0.2) is 0 Å². The van der Waals surface area contributed by atoms with Crippen molar-refractivity contribution >= 4 is 5.96 Å². The van der Waals surface area contributed by atoms with Gasteiger partial charge in [0.2, 0.25) is 0 Å². The number of alkyl halides is 2. The molecule has 9 heteroatoms. The second-order valence-electron chi connectivity index (χ2n) is 7.04. The molecular weight excluding hydrogens is 392 g/mol. The molecule has 7 nitrogen and oxygen atoms in total. The van der Waals surface area contributed by atoms with Crippen molar-refractivity contribution in [1.29, 1.82) is 0 Å². The molecule has 1 heterocycles. The first kappa shape index (κ1) is 23.4. The molecule has 1 atom stereocenters. The first-order chi connectivity index (χ1) is 14.2. The average molecular weight is 424 g/mol. The monoisotopic (exact) mass is 423 g/mol. The number of ether oxygens (including phenoxy) is 2. The standard InChI is InChI=1S/C21H31F2N5O2/c1-7-29-19-11-16(8-9-18(19)30-20(22)23)12-25-21(24-5)26-13(2)10-17-14(3)27-28(6)15(17)4/h8-9,11,13,20H,7,10,12H2,1-6H3,(H2,24,25,26). The molecule has 0 fully saturated rings. The fourth-order valence-corrected chi connectivity index (χ4v) is 3.21. The van der Waals surface area contributed by atoms with Gasteiger partial charge in [-0.3, -0.25) is 9.67 Å². The molecule has 1 aromatic heterocycles. The van der Waals surface area contributed by atoms with Gasteiger partial charge in [0.25, 0.3) is 0 Å². The van der Waals surface area contributed by atoms with Gasteiger partial charge in [-0.2, -0.15) is 13.9 Å². The topological polar surface area (TPSA) is 72.7 Å². The molecule has 2 aromatic rings. The van der Waals surface area contributed by atoms with Crippen LogP contribution in [0, 0.1) is 13.8 Å². The van der Waals surface area contributed by atoms with Crippen molar-refractivity contribution in [3.05, 3.63) is 40.7 Å². The molecule has 30 heavy (non-hydrogen) atoms. The summed E-state index contributed by atoms with van der Waals surface area (Å²) in [5.41, 5.74) is 4.26. The number of hydrogen-bond donors (Lipinski definition) is 2. The van der Waals surface area contributed by atoms with E-state index in [9.17, 15) is 8.78 Å². The van der Waals surface area contributed by atoms with E-state index in [0.717, 1.165) is 23.4 Å². The summed E-state index contributed by atoms with van der Waals surface area (Å²) >= 11 is 0. The van der Waals surface area contributed by atoms with E-state index in [-0.39, 0.29) is 17.5 Å². The first-order valence-corrected chi connectivity index (χ1v) is 9.91. The maximum Gasteiger partial charge on any atom is 0.387 e. The lowest BCUT2D eigenvalue weighted by atomic mass is 10.1. The molecular formula is C21H31F2N5O2. The summed E-state index contributed by atoms with van der Waals surface area (Å²) in [6, 6.07) is 5.03. The van der Waals surface area contributed by atoms with Crippen LogP contribution in [0.5, 0.6) is 11.5 Å². The minimum atomic E-state index is -2.90. The van der Waals surface area contributed by atoms with Crippen LogP contribution in [0.25, 0.3) is 0 Å². The molecule has 0 aliphatic heterocycles. The van der Waals surface area contributed by atoms with Gasteiger partial charge < -0.3 is 20.1 Å². The van der Waals surface area contributed by atoms with E-state index in [1.807, 2.05) is 18.7 Å². The van der Waals surface area contributed by atoms with Crippen molar-refractivity contribution in [3.8, 4) is 11.5 Å². The lowest BCUT2D eigenvalue weighted by molar-refractivity contribution is -0.0514. The Morgan fingerprint density at radius 3 is 2.57 bits per heavy atom. The van der Waals surface area contributed by atoms with Gasteiger partial charge in [0.1, 0.15) is 0 Å². The predicted molar refractivity (Wildman–Crippen MR) is 113 cm³/mol. The molecule has 0 aliphatic carbocycles. The second-order valence-corrected chi connectivity index (χ2v) is 7.04. The highest BCUT2D eigenvalue weighted by molar-refractivity contribution is 5.80. The van der Waals surface area contributed by atoms with Gasteiger partial charge in [0.15, 0.2) is 17.5 Å². The molecule has 1 aromatic carbocycles. The van der Waals surface area contributed by atoms with Crippen molar-refractivity contribution in [2.45, 2.75) is 53.3 Å². The number of rotatable bonds is 9. The van der Waals surface area contributed by atoms with Crippen molar-refractivity contribution < 1.29 is 18.3 Å². The van der Waals surface area contributed by atoms with Crippen LogP contribution >= 0.6 is 0 Å². The lowest BCUT2D eigenvalue weighted by Crippen LogP contribution is -2.42. The summed E-state index contributed by atoms with van der Waals surface area (Å²) in [5.74, 6) is 0.956. The molecule has 2 rings (SSSR count). The van der Waals surface area contributed by atoms with Crippen LogP contribution in [-0.4, -0.2) is 42.0 Å². The summed E-state index contributed by atoms with van der Waals surface area (Å²) in [7, 11) is 3.65. The van der Waals surface area contributed by atoms with E-state index in [4.69, 9.17) is 4.74 Å². The third kappa shape index (κ3) is 6.33. The fraction of sp³-hybridized carbons (Fsp3) is 0.524. The summed E-state index contributed by atoms with van der Waals surface area (Å²) < 4.78 is 36.9. The maximum absolute atomic E-state index is 12.6. The van der Waals surface area contributed by atoms with Gasteiger partial charge in [-0.1, -0.05) is 6.07 Å². The molecule has 0 aliphatic rings. The first-order valence-electron chi connectivity index (χ1n) is 9.91. The van der Waals surface area contributed by atoms with Crippen LogP contribution in [0.1, 0.15) is 36.4 Å². The van der Waals surface area contributed by atoms with Gasteiger partial charge >= 0.3 is 6.61 Å². The highest BCUT2D eigenvalue weighted by Gasteiger charge is 2.15. The van der Waals surface area contributed by atoms with Gasteiger partial charge in [-0.15, -0.1) is 0 Å². The van der Waals surface area contributed by atoms with E-state index in [1.54, 1.807) is 26.1 Å². The molecule has 0 saturated carbocycles. The van der Waals surface area contributed by atoms with Crippen LogP contribution in [0.3, 0.4) is 0 Å². The Balaban J connectivity index is 1.98.